The van der Waals surface area contributed by atoms with E-state index in [1.807, 2.05) is 0 Å². The van der Waals surface area contributed by atoms with Crippen molar-refractivity contribution in [2.45, 2.75) is 25.8 Å². The van der Waals surface area contributed by atoms with Gasteiger partial charge in [0.05, 0.1) is 0 Å². The fourth-order valence-corrected chi connectivity index (χ4v) is 1.92. The van der Waals surface area contributed by atoms with E-state index in [0.717, 1.165) is 18.1 Å². The Labute approximate surface area is 101 Å². The SMILES string of the molecule is COCC(C)CC(N)Cc1ccc(F)c(F)c1. The predicted molar refractivity (Wildman–Crippen MR) is 63.7 cm³/mol. The minimum absolute atomic E-state index is 0.0648. The molecule has 0 aliphatic heterocycles. The molecule has 4 heteroatoms. The van der Waals surface area contributed by atoms with Crippen LogP contribution >= 0.6 is 0 Å². The van der Waals surface area contributed by atoms with Crippen LogP contribution in [0.2, 0.25) is 0 Å². The zero-order chi connectivity index (χ0) is 12.8. The third kappa shape index (κ3) is 4.79. The third-order valence-corrected chi connectivity index (χ3v) is 2.64. The van der Waals surface area contributed by atoms with Gasteiger partial charge in [-0.3, -0.25) is 0 Å². The van der Waals surface area contributed by atoms with Crippen molar-refractivity contribution < 1.29 is 13.5 Å². The van der Waals surface area contributed by atoms with E-state index >= 15 is 0 Å². The molecule has 0 saturated carbocycles. The molecule has 17 heavy (non-hydrogen) atoms. The molecule has 2 atom stereocenters. The van der Waals surface area contributed by atoms with Crippen molar-refractivity contribution in [3.63, 3.8) is 0 Å². The lowest BCUT2D eigenvalue weighted by Gasteiger charge is -2.16. The Morgan fingerprint density at radius 3 is 2.59 bits per heavy atom. The minimum atomic E-state index is -0.824. The van der Waals surface area contributed by atoms with E-state index in [1.165, 1.54) is 6.07 Å². The summed E-state index contributed by atoms with van der Waals surface area (Å²) in [5, 5.41) is 0. The van der Waals surface area contributed by atoms with Crippen LogP contribution in [0.1, 0.15) is 18.9 Å². The molecule has 0 radical (unpaired) electrons. The first-order chi connectivity index (χ1) is 8.02. The zero-order valence-corrected chi connectivity index (χ0v) is 10.2. The maximum atomic E-state index is 13.0. The molecule has 0 aromatic heterocycles. The Morgan fingerprint density at radius 1 is 1.29 bits per heavy atom. The number of ether oxygens (including phenoxy) is 1. The molecule has 96 valence electrons. The molecule has 1 aromatic rings. The van der Waals surface area contributed by atoms with Crippen LogP contribution in [-0.4, -0.2) is 19.8 Å². The first-order valence-corrected chi connectivity index (χ1v) is 5.71. The van der Waals surface area contributed by atoms with Crippen molar-refractivity contribution in [1.29, 1.82) is 0 Å². The molecular weight excluding hydrogens is 224 g/mol. The second kappa shape index (κ2) is 6.67. The highest BCUT2D eigenvalue weighted by Gasteiger charge is 2.11. The summed E-state index contributed by atoms with van der Waals surface area (Å²) in [6.07, 6.45) is 1.35. The second-order valence-electron chi connectivity index (χ2n) is 4.51. The van der Waals surface area contributed by atoms with Gasteiger partial charge in [-0.1, -0.05) is 13.0 Å². The Kier molecular flexibility index (Phi) is 5.51. The van der Waals surface area contributed by atoms with Crippen LogP contribution < -0.4 is 5.73 Å². The summed E-state index contributed by atoms with van der Waals surface area (Å²) in [6.45, 7) is 2.71. The summed E-state index contributed by atoms with van der Waals surface area (Å²) < 4.78 is 30.7. The molecule has 2 nitrogen and oxygen atoms in total. The summed E-state index contributed by atoms with van der Waals surface area (Å²) in [5.74, 6) is -1.28. The van der Waals surface area contributed by atoms with Gasteiger partial charge in [-0.25, -0.2) is 8.78 Å². The fourth-order valence-electron chi connectivity index (χ4n) is 1.92. The number of nitrogens with two attached hydrogens (primary N) is 1. The number of hydrogen-bond donors (Lipinski definition) is 1. The van der Waals surface area contributed by atoms with Gasteiger partial charge in [0.25, 0.3) is 0 Å². The van der Waals surface area contributed by atoms with Gasteiger partial charge in [-0.15, -0.1) is 0 Å². The molecule has 0 heterocycles. The van der Waals surface area contributed by atoms with E-state index in [0.29, 0.717) is 18.9 Å². The number of hydrogen-bond acceptors (Lipinski definition) is 2. The first-order valence-electron chi connectivity index (χ1n) is 5.71. The third-order valence-electron chi connectivity index (χ3n) is 2.64. The Bertz CT molecular complexity index is 357. The molecule has 0 amide bonds. The van der Waals surface area contributed by atoms with Gasteiger partial charge in [-0.05, 0) is 36.5 Å². The maximum absolute atomic E-state index is 13.0. The number of halogens is 2. The Morgan fingerprint density at radius 2 is 2.00 bits per heavy atom. The van der Waals surface area contributed by atoms with Crippen molar-refractivity contribution in [1.82, 2.24) is 0 Å². The van der Waals surface area contributed by atoms with Crippen molar-refractivity contribution in [3.8, 4) is 0 Å². The highest BCUT2D eigenvalue weighted by molar-refractivity contribution is 5.18. The molecule has 0 aliphatic rings. The number of rotatable bonds is 6. The van der Waals surface area contributed by atoms with Crippen LogP contribution in [0.4, 0.5) is 8.78 Å². The molecule has 2 unspecified atom stereocenters. The van der Waals surface area contributed by atoms with Crippen LogP contribution in [0.3, 0.4) is 0 Å². The average Bonchev–Trinajstić information content (AvgIpc) is 2.23. The second-order valence-corrected chi connectivity index (χ2v) is 4.51. The van der Waals surface area contributed by atoms with E-state index in [1.54, 1.807) is 13.2 Å². The maximum Gasteiger partial charge on any atom is 0.159 e. The van der Waals surface area contributed by atoms with Crippen molar-refractivity contribution in [3.05, 3.63) is 35.4 Å². The normalized spacial score (nSPS) is 14.6. The minimum Gasteiger partial charge on any atom is -0.384 e. The van der Waals surface area contributed by atoms with Gasteiger partial charge in [0.1, 0.15) is 0 Å². The molecule has 2 N–H and O–H groups in total. The van der Waals surface area contributed by atoms with Gasteiger partial charge in [0.2, 0.25) is 0 Å². The first kappa shape index (κ1) is 14.1. The van der Waals surface area contributed by atoms with Gasteiger partial charge < -0.3 is 10.5 Å². The molecule has 1 rings (SSSR count). The van der Waals surface area contributed by atoms with E-state index in [4.69, 9.17) is 10.5 Å². The van der Waals surface area contributed by atoms with Crippen LogP contribution in [0, 0.1) is 17.6 Å². The van der Waals surface area contributed by atoms with E-state index in [9.17, 15) is 8.78 Å². The Balaban J connectivity index is 2.50. The van der Waals surface area contributed by atoms with E-state index in [2.05, 4.69) is 6.92 Å². The van der Waals surface area contributed by atoms with Crippen LogP contribution in [0.25, 0.3) is 0 Å². The van der Waals surface area contributed by atoms with E-state index < -0.39 is 11.6 Å². The molecule has 0 saturated heterocycles. The van der Waals surface area contributed by atoms with E-state index in [-0.39, 0.29) is 6.04 Å². The lowest BCUT2D eigenvalue weighted by molar-refractivity contribution is 0.152. The lowest BCUT2D eigenvalue weighted by Crippen LogP contribution is -2.26. The summed E-state index contributed by atoms with van der Waals surface area (Å²) in [5.41, 5.74) is 6.68. The quantitative estimate of drug-likeness (QED) is 0.833. The highest BCUT2D eigenvalue weighted by atomic mass is 19.2. The molecular formula is C13H19F2NO. The zero-order valence-electron chi connectivity index (χ0n) is 10.2. The smallest absolute Gasteiger partial charge is 0.159 e. The monoisotopic (exact) mass is 243 g/mol. The Hall–Kier alpha value is -1.00. The van der Waals surface area contributed by atoms with Crippen LogP contribution in [0.5, 0.6) is 0 Å². The largest absolute Gasteiger partial charge is 0.384 e. The topological polar surface area (TPSA) is 35.2 Å². The highest BCUT2D eigenvalue weighted by Crippen LogP contribution is 2.13. The standard InChI is InChI=1S/C13H19F2NO/c1-9(8-17-2)5-11(16)6-10-3-4-12(14)13(15)7-10/h3-4,7,9,11H,5-6,8,16H2,1-2H3. The van der Waals surface area contributed by atoms with Gasteiger partial charge in [-0.2, -0.15) is 0 Å². The molecule has 0 fully saturated rings. The molecule has 0 aliphatic carbocycles. The van der Waals surface area contributed by atoms with Crippen LogP contribution in [0.15, 0.2) is 18.2 Å². The van der Waals surface area contributed by atoms with Crippen molar-refractivity contribution in [2.75, 3.05) is 13.7 Å². The molecule has 0 bridgehead atoms. The molecule has 0 spiro atoms. The average molecular weight is 243 g/mol. The van der Waals surface area contributed by atoms with Gasteiger partial charge in [0, 0.05) is 19.8 Å². The van der Waals surface area contributed by atoms with Gasteiger partial charge >= 0.3 is 0 Å². The summed E-state index contributed by atoms with van der Waals surface area (Å²) in [4.78, 5) is 0. The predicted octanol–water partition coefficient (Wildman–Crippen LogP) is 2.51. The summed E-state index contributed by atoms with van der Waals surface area (Å²) in [6, 6.07) is 3.84. The van der Waals surface area contributed by atoms with Crippen LogP contribution in [-0.2, 0) is 11.2 Å². The summed E-state index contributed by atoms with van der Waals surface area (Å²) in [7, 11) is 1.65. The van der Waals surface area contributed by atoms with Crippen molar-refractivity contribution in [2.24, 2.45) is 11.7 Å². The molecule has 1 aromatic carbocycles. The summed E-state index contributed by atoms with van der Waals surface area (Å²) >= 11 is 0. The lowest BCUT2D eigenvalue weighted by atomic mass is 9.97. The number of methoxy groups -OCH3 is 1. The van der Waals surface area contributed by atoms with Gasteiger partial charge in [0.15, 0.2) is 11.6 Å². The fraction of sp³-hybridized carbons (Fsp3) is 0.538. The number of benzene rings is 1. The van der Waals surface area contributed by atoms with Crippen molar-refractivity contribution >= 4 is 0 Å².